The molecule has 0 aromatic heterocycles. The summed E-state index contributed by atoms with van der Waals surface area (Å²) in [5.41, 5.74) is 0.671. The second-order valence-electron chi connectivity index (χ2n) is 7.71. The van der Waals surface area contributed by atoms with Gasteiger partial charge in [0.25, 0.3) is 0 Å². The smallest absolute Gasteiger partial charge is 0.319 e. The number of amides is 5. The number of carbonyl (C=O) groups is 3. The summed E-state index contributed by atoms with van der Waals surface area (Å²) in [5, 5.41) is 8.41. The van der Waals surface area contributed by atoms with Crippen molar-refractivity contribution in [3.8, 4) is 0 Å². The fourth-order valence-electron chi connectivity index (χ4n) is 3.41. The minimum Gasteiger partial charge on any atom is -0.338 e. The van der Waals surface area contributed by atoms with Gasteiger partial charge in [-0.3, -0.25) is 4.79 Å². The maximum Gasteiger partial charge on any atom is 0.319 e. The van der Waals surface area contributed by atoms with Gasteiger partial charge in [0.05, 0.1) is 0 Å². The number of nitrogens with zero attached hydrogens (tertiary/aromatic N) is 2. The summed E-state index contributed by atoms with van der Waals surface area (Å²) < 4.78 is 0. The van der Waals surface area contributed by atoms with Crippen LogP contribution in [0.4, 0.5) is 15.3 Å². The molecule has 0 spiro atoms. The topological polar surface area (TPSA) is 93.8 Å². The van der Waals surface area contributed by atoms with Crippen LogP contribution in [0.1, 0.15) is 27.7 Å². The van der Waals surface area contributed by atoms with Crippen LogP contribution >= 0.6 is 11.8 Å². The Hall–Kier alpha value is -2.42. The molecule has 0 saturated carbocycles. The number of rotatable bonds is 6. The number of piperazine rings is 1. The first-order valence-corrected chi connectivity index (χ1v) is 11.5. The standard InChI is InChI=1S/C21H33N5O3S/c1-6-22-21(29)26-12-11-25(13-15(26)4)19(27)18(14(2)3)24-20(28)23-16-7-9-17(30-5)10-8-16/h7-10,14-15,18H,6,11-13H2,1-5H3,(H,22,29)(H2,23,24,28). The third-order valence-electron chi connectivity index (χ3n) is 5.10. The van der Waals surface area contributed by atoms with Gasteiger partial charge in [-0.15, -0.1) is 11.8 Å². The van der Waals surface area contributed by atoms with Crippen molar-refractivity contribution in [2.45, 2.75) is 44.7 Å². The van der Waals surface area contributed by atoms with E-state index in [2.05, 4.69) is 16.0 Å². The summed E-state index contributed by atoms with van der Waals surface area (Å²) in [6, 6.07) is 6.28. The molecule has 5 amide bonds. The first-order chi connectivity index (χ1) is 14.3. The molecular weight excluding hydrogens is 402 g/mol. The largest absolute Gasteiger partial charge is 0.338 e. The highest BCUT2D eigenvalue weighted by Gasteiger charge is 2.34. The fourth-order valence-corrected chi connectivity index (χ4v) is 3.81. The second kappa shape index (κ2) is 11.1. The quantitative estimate of drug-likeness (QED) is 0.599. The van der Waals surface area contributed by atoms with E-state index in [1.54, 1.807) is 21.6 Å². The lowest BCUT2D eigenvalue weighted by Crippen LogP contribution is -2.61. The Kier molecular flexibility index (Phi) is 8.83. The SMILES string of the molecule is CCNC(=O)N1CCN(C(=O)C(NC(=O)Nc2ccc(SC)cc2)C(C)C)CC1C. The van der Waals surface area contributed by atoms with E-state index in [1.165, 1.54) is 0 Å². The molecule has 0 radical (unpaired) electrons. The van der Waals surface area contributed by atoms with E-state index in [1.807, 2.05) is 58.2 Å². The van der Waals surface area contributed by atoms with E-state index < -0.39 is 12.1 Å². The van der Waals surface area contributed by atoms with Crippen molar-refractivity contribution < 1.29 is 14.4 Å². The zero-order valence-corrected chi connectivity index (χ0v) is 19.2. The lowest BCUT2D eigenvalue weighted by atomic mass is 10.0. The number of nitrogens with one attached hydrogen (secondary N) is 3. The Bertz CT molecular complexity index is 741. The van der Waals surface area contributed by atoms with E-state index in [0.717, 1.165) is 4.90 Å². The number of hydrogen-bond acceptors (Lipinski definition) is 4. The van der Waals surface area contributed by atoms with Gasteiger partial charge < -0.3 is 25.8 Å². The van der Waals surface area contributed by atoms with Crippen molar-refractivity contribution in [3.63, 3.8) is 0 Å². The van der Waals surface area contributed by atoms with Crippen molar-refractivity contribution >= 4 is 35.4 Å². The maximum absolute atomic E-state index is 13.1. The molecule has 30 heavy (non-hydrogen) atoms. The average molecular weight is 436 g/mol. The van der Waals surface area contributed by atoms with Crippen molar-refractivity contribution in [1.82, 2.24) is 20.4 Å². The third kappa shape index (κ3) is 6.29. The van der Waals surface area contributed by atoms with Crippen LogP contribution in [0, 0.1) is 5.92 Å². The van der Waals surface area contributed by atoms with Crippen LogP contribution in [0.3, 0.4) is 0 Å². The Balaban J connectivity index is 1.97. The second-order valence-corrected chi connectivity index (χ2v) is 8.59. The molecule has 1 aliphatic rings. The minimum atomic E-state index is -0.640. The number of carbonyl (C=O) groups excluding carboxylic acids is 3. The Morgan fingerprint density at radius 3 is 2.37 bits per heavy atom. The summed E-state index contributed by atoms with van der Waals surface area (Å²) in [4.78, 5) is 42.3. The molecule has 2 atom stereocenters. The molecule has 166 valence electrons. The van der Waals surface area contributed by atoms with Gasteiger partial charge in [0.15, 0.2) is 0 Å². The summed E-state index contributed by atoms with van der Waals surface area (Å²) in [5.74, 6) is -0.195. The molecule has 0 aliphatic carbocycles. The van der Waals surface area contributed by atoms with E-state index in [0.29, 0.717) is 31.9 Å². The monoisotopic (exact) mass is 435 g/mol. The van der Waals surface area contributed by atoms with Gasteiger partial charge in [-0.25, -0.2) is 9.59 Å². The molecule has 0 bridgehead atoms. The van der Waals surface area contributed by atoms with Crippen LogP contribution in [0.25, 0.3) is 0 Å². The molecule has 2 rings (SSSR count). The Morgan fingerprint density at radius 2 is 1.83 bits per heavy atom. The van der Waals surface area contributed by atoms with E-state index in [9.17, 15) is 14.4 Å². The van der Waals surface area contributed by atoms with Gasteiger partial charge in [0.2, 0.25) is 5.91 Å². The molecule has 1 aromatic carbocycles. The average Bonchev–Trinajstić information content (AvgIpc) is 2.72. The number of thioether (sulfide) groups is 1. The third-order valence-corrected chi connectivity index (χ3v) is 5.84. The predicted octanol–water partition coefficient (Wildman–Crippen LogP) is 2.82. The number of hydrogen-bond donors (Lipinski definition) is 3. The highest BCUT2D eigenvalue weighted by Crippen LogP contribution is 2.18. The fraction of sp³-hybridized carbons (Fsp3) is 0.571. The molecule has 1 aliphatic heterocycles. The van der Waals surface area contributed by atoms with E-state index in [4.69, 9.17) is 0 Å². The van der Waals surface area contributed by atoms with Crippen molar-refractivity contribution in [2.24, 2.45) is 5.92 Å². The lowest BCUT2D eigenvalue weighted by molar-refractivity contribution is -0.136. The van der Waals surface area contributed by atoms with Crippen LogP contribution in [-0.2, 0) is 4.79 Å². The Labute approximate surface area is 183 Å². The first-order valence-electron chi connectivity index (χ1n) is 10.3. The van der Waals surface area contributed by atoms with Gasteiger partial charge in [-0.2, -0.15) is 0 Å². The van der Waals surface area contributed by atoms with Gasteiger partial charge in [-0.05, 0) is 50.3 Å². The van der Waals surface area contributed by atoms with Gasteiger partial charge in [0.1, 0.15) is 6.04 Å². The van der Waals surface area contributed by atoms with Crippen molar-refractivity contribution in [1.29, 1.82) is 0 Å². The molecule has 3 N–H and O–H groups in total. The molecular formula is C21H33N5O3S. The number of anilines is 1. The van der Waals surface area contributed by atoms with Crippen LogP contribution in [0.5, 0.6) is 0 Å². The van der Waals surface area contributed by atoms with Gasteiger partial charge in [0, 0.05) is 42.8 Å². The minimum absolute atomic E-state index is 0.0705. The van der Waals surface area contributed by atoms with E-state index >= 15 is 0 Å². The molecule has 1 saturated heterocycles. The van der Waals surface area contributed by atoms with Crippen LogP contribution in [0.2, 0.25) is 0 Å². The number of urea groups is 2. The molecule has 9 heteroatoms. The number of benzene rings is 1. The van der Waals surface area contributed by atoms with Gasteiger partial charge >= 0.3 is 12.1 Å². The molecule has 8 nitrogen and oxygen atoms in total. The zero-order chi connectivity index (χ0) is 22.3. The first kappa shape index (κ1) is 23.9. The van der Waals surface area contributed by atoms with Crippen LogP contribution in [-0.4, -0.2) is 72.3 Å². The molecule has 1 fully saturated rings. The predicted molar refractivity (Wildman–Crippen MR) is 121 cm³/mol. The molecule has 1 aromatic rings. The zero-order valence-electron chi connectivity index (χ0n) is 18.4. The lowest BCUT2D eigenvalue weighted by Gasteiger charge is -2.41. The van der Waals surface area contributed by atoms with Crippen molar-refractivity contribution in [3.05, 3.63) is 24.3 Å². The molecule has 2 unspecified atom stereocenters. The van der Waals surface area contributed by atoms with E-state index in [-0.39, 0.29) is 23.9 Å². The summed E-state index contributed by atoms with van der Waals surface area (Å²) in [6.07, 6.45) is 1.99. The summed E-state index contributed by atoms with van der Waals surface area (Å²) in [7, 11) is 0. The normalized spacial score (nSPS) is 17.5. The summed E-state index contributed by atoms with van der Waals surface area (Å²) >= 11 is 1.63. The van der Waals surface area contributed by atoms with Gasteiger partial charge in [-0.1, -0.05) is 13.8 Å². The van der Waals surface area contributed by atoms with Crippen LogP contribution in [0.15, 0.2) is 29.2 Å². The van der Waals surface area contributed by atoms with Crippen molar-refractivity contribution in [2.75, 3.05) is 37.8 Å². The van der Waals surface area contributed by atoms with Crippen LogP contribution < -0.4 is 16.0 Å². The summed E-state index contributed by atoms with van der Waals surface area (Å²) in [6.45, 7) is 9.55. The highest BCUT2D eigenvalue weighted by atomic mass is 32.2. The highest BCUT2D eigenvalue weighted by molar-refractivity contribution is 7.98. The molecule has 1 heterocycles. The maximum atomic E-state index is 13.1. The Morgan fingerprint density at radius 1 is 1.17 bits per heavy atom.